The topological polar surface area (TPSA) is 56.7 Å². The third kappa shape index (κ3) is 5.05. The third-order valence-electron chi connectivity index (χ3n) is 3.97. The van der Waals surface area contributed by atoms with Crippen LogP contribution in [0.4, 0.5) is 0 Å². The Bertz CT molecular complexity index is 479. The van der Waals surface area contributed by atoms with Crippen LogP contribution in [-0.2, 0) is 6.54 Å². The van der Waals surface area contributed by atoms with Crippen LogP contribution in [-0.4, -0.2) is 29.8 Å². The van der Waals surface area contributed by atoms with E-state index in [-0.39, 0.29) is 0 Å². The summed E-state index contributed by atoms with van der Waals surface area (Å²) in [4.78, 5) is 4.60. The maximum Gasteiger partial charge on any atom is 0.191 e. The van der Waals surface area contributed by atoms with Gasteiger partial charge in [0.15, 0.2) is 5.96 Å². The molecule has 21 heavy (non-hydrogen) atoms. The fourth-order valence-corrected chi connectivity index (χ4v) is 2.78. The molecule has 0 spiro atoms. The zero-order valence-corrected chi connectivity index (χ0v) is 13.2. The predicted molar refractivity (Wildman–Crippen MR) is 87.4 cm³/mol. The van der Waals surface area contributed by atoms with Crippen LogP contribution in [0, 0.1) is 6.92 Å². The molecule has 1 aliphatic carbocycles. The molecule has 0 aliphatic heterocycles. The molecule has 0 heterocycles. The van der Waals surface area contributed by atoms with E-state index in [1.54, 1.807) is 0 Å². The van der Waals surface area contributed by atoms with E-state index in [0.29, 0.717) is 13.1 Å². The first-order valence-corrected chi connectivity index (χ1v) is 7.91. The van der Waals surface area contributed by atoms with Crippen molar-refractivity contribution in [2.24, 2.45) is 4.99 Å². The lowest BCUT2D eigenvalue weighted by atomic mass is 10.0. The normalized spacial score (nSPS) is 17.8. The summed E-state index contributed by atoms with van der Waals surface area (Å²) in [5, 5.41) is 16.9. The molecule has 1 aromatic rings. The standard InChI is InChI=1S/C17H27N3O/c1-3-18-16(20-13-17(21)9-4-5-10-17)19-12-15-8-6-7-14(2)11-15/h6-8,11,21H,3-5,9-10,12-13H2,1-2H3,(H2,18,19,20). The largest absolute Gasteiger partial charge is 0.388 e. The van der Waals surface area contributed by atoms with Gasteiger partial charge in [0.2, 0.25) is 0 Å². The number of nitrogens with zero attached hydrogens (tertiary/aromatic N) is 1. The lowest BCUT2D eigenvalue weighted by Crippen LogP contribution is -2.46. The molecular weight excluding hydrogens is 262 g/mol. The Labute approximate surface area is 127 Å². The van der Waals surface area contributed by atoms with E-state index < -0.39 is 5.60 Å². The van der Waals surface area contributed by atoms with Crippen LogP contribution in [0.3, 0.4) is 0 Å². The molecule has 0 saturated heterocycles. The molecule has 3 N–H and O–H groups in total. The van der Waals surface area contributed by atoms with E-state index in [4.69, 9.17) is 0 Å². The van der Waals surface area contributed by atoms with Gasteiger partial charge in [-0.2, -0.15) is 0 Å². The Kier molecular flexibility index (Phi) is 5.62. The summed E-state index contributed by atoms with van der Waals surface area (Å²) >= 11 is 0. The highest BCUT2D eigenvalue weighted by atomic mass is 16.3. The van der Waals surface area contributed by atoms with Crippen molar-refractivity contribution in [1.29, 1.82) is 0 Å². The Morgan fingerprint density at radius 1 is 1.29 bits per heavy atom. The molecule has 0 amide bonds. The average molecular weight is 289 g/mol. The molecule has 1 aromatic carbocycles. The smallest absolute Gasteiger partial charge is 0.191 e. The molecular formula is C17H27N3O. The van der Waals surface area contributed by atoms with Gasteiger partial charge in [-0.25, -0.2) is 4.99 Å². The van der Waals surface area contributed by atoms with Crippen LogP contribution < -0.4 is 10.6 Å². The van der Waals surface area contributed by atoms with E-state index in [0.717, 1.165) is 38.2 Å². The van der Waals surface area contributed by atoms with Crippen molar-refractivity contribution in [3.05, 3.63) is 35.4 Å². The zero-order chi connectivity index (χ0) is 15.1. The van der Waals surface area contributed by atoms with Crippen molar-refractivity contribution in [3.8, 4) is 0 Å². The first-order chi connectivity index (χ1) is 10.1. The van der Waals surface area contributed by atoms with E-state index in [1.165, 1.54) is 11.1 Å². The van der Waals surface area contributed by atoms with Crippen LogP contribution in [0.5, 0.6) is 0 Å². The minimum absolute atomic E-state index is 0.556. The molecule has 116 valence electrons. The van der Waals surface area contributed by atoms with Gasteiger partial charge in [-0.15, -0.1) is 0 Å². The Hall–Kier alpha value is -1.55. The Morgan fingerprint density at radius 3 is 2.71 bits per heavy atom. The van der Waals surface area contributed by atoms with E-state index >= 15 is 0 Å². The second-order valence-corrected chi connectivity index (χ2v) is 5.97. The Balaban J connectivity index is 1.92. The molecule has 0 radical (unpaired) electrons. The highest BCUT2D eigenvalue weighted by Gasteiger charge is 2.30. The maximum absolute atomic E-state index is 10.4. The number of aryl methyl sites for hydroxylation is 1. The van der Waals surface area contributed by atoms with Crippen LogP contribution in [0.2, 0.25) is 0 Å². The molecule has 1 aliphatic rings. The molecule has 4 nitrogen and oxygen atoms in total. The van der Waals surface area contributed by atoms with Gasteiger partial charge in [-0.3, -0.25) is 0 Å². The fraction of sp³-hybridized carbons (Fsp3) is 0.588. The van der Waals surface area contributed by atoms with E-state index in [2.05, 4.69) is 46.8 Å². The number of guanidine groups is 1. The summed E-state index contributed by atoms with van der Waals surface area (Å²) in [6, 6.07) is 8.39. The van der Waals surface area contributed by atoms with Crippen molar-refractivity contribution in [1.82, 2.24) is 10.6 Å². The molecule has 4 heteroatoms. The quantitative estimate of drug-likeness (QED) is 0.576. The summed E-state index contributed by atoms with van der Waals surface area (Å²) in [6.45, 7) is 6.18. The van der Waals surface area contributed by atoms with Crippen LogP contribution in [0.25, 0.3) is 0 Å². The van der Waals surface area contributed by atoms with Crippen LogP contribution in [0.15, 0.2) is 29.3 Å². The van der Waals surface area contributed by atoms with Gasteiger partial charge in [0.25, 0.3) is 0 Å². The van der Waals surface area contributed by atoms with Gasteiger partial charge in [0, 0.05) is 13.1 Å². The lowest BCUT2D eigenvalue weighted by molar-refractivity contribution is 0.0522. The highest BCUT2D eigenvalue weighted by Crippen LogP contribution is 2.28. The van der Waals surface area contributed by atoms with E-state index in [1.807, 2.05) is 6.92 Å². The van der Waals surface area contributed by atoms with Gasteiger partial charge in [-0.05, 0) is 32.3 Å². The fourth-order valence-electron chi connectivity index (χ4n) is 2.78. The number of rotatable bonds is 5. The molecule has 2 rings (SSSR count). The zero-order valence-electron chi connectivity index (χ0n) is 13.2. The minimum atomic E-state index is -0.556. The van der Waals surface area contributed by atoms with Crippen molar-refractivity contribution >= 4 is 5.96 Å². The van der Waals surface area contributed by atoms with Crippen molar-refractivity contribution in [3.63, 3.8) is 0 Å². The number of benzene rings is 1. The molecule has 0 aromatic heterocycles. The third-order valence-corrected chi connectivity index (χ3v) is 3.97. The van der Waals surface area contributed by atoms with Crippen LogP contribution >= 0.6 is 0 Å². The van der Waals surface area contributed by atoms with Crippen molar-refractivity contribution in [2.45, 2.75) is 51.7 Å². The number of hydrogen-bond acceptors (Lipinski definition) is 2. The molecule has 1 fully saturated rings. The van der Waals surface area contributed by atoms with Crippen LogP contribution in [0.1, 0.15) is 43.7 Å². The second-order valence-electron chi connectivity index (χ2n) is 5.97. The summed E-state index contributed by atoms with van der Waals surface area (Å²) in [5.74, 6) is 0.777. The molecule has 1 saturated carbocycles. The van der Waals surface area contributed by atoms with Crippen molar-refractivity contribution in [2.75, 3.05) is 13.1 Å². The number of nitrogens with one attached hydrogen (secondary N) is 2. The highest BCUT2D eigenvalue weighted by molar-refractivity contribution is 5.79. The van der Waals surface area contributed by atoms with Crippen molar-refractivity contribution < 1.29 is 5.11 Å². The average Bonchev–Trinajstić information content (AvgIpc) is 2.89. The summed E-state index contributed by atoms with van der Waals surface area (Å²) in [7, 11) is 0. The van der Waals surface area contributed by atoms with Gasteiger partial charge in [0.05, 0.1) is 12.1 Å². The first kappa shape index (κ1) is 15.8. The SMILES string of the molecule is CCNC(=NCc1cccc(C)c1)NCC1(O)CCCC1. The first-order valence-electron chi connectivity index (χ1n) is 7.91. The van der Waals surface area contributed by atoms with Gasteiger partial charge in [-0.1, -0.05) is 42.7 Å². The Morgan fingerprint density at radius 2 is 2.05 bits per heavy atom. The predicted octanol–water partition coefficient (Wildman–Crippen LogP) is 2.36. The monoisotopic (exact) mass is 289 g/mol. The number of aliphatic hydroxyl groups is 1. The molecule has 0 bridgehead atoms. The van der Waals surface area contributed by atoms with E-state index in [9.17, 15) is 5.11 Å². The number of hydrogen-bond donors (Lipinski definition) is 3. The summed E-state index contributed by atoms with van der Waals surface area (Å²) < 4.78 is 0. The number of aliphatic imine (C=N–C) groups is 1. The second kappa shape index (κ2) is 7.46. The summed E-state index contributed by atoms with van der Waals surface area (Å²) in [6.07, 6.45) is 4.01. The van der Waals surface area contributed by atoms with Gasteiger partial charge < -0.3 is 15.7 Å². The minimum Gasteiger partial charge on any atom is -0.388 e. The maximum atomic E-state index is 10.4. The molecule has 0 unspecified atom stereocenters. The molecule has 0 atom stereocenters. The van der Waals surface area contributed by atoms with Gasteiger partial charge in [0.1, 0.15) is 0 Å². The summed E-state index contributed by atoms with van der Waals surface area (Å²) in [5.41, 5.74) is 1.90. The lowest BCUT2D eigenvalue weighted by Gasteiger charge is -2.23. The van der Waals surface area contributed by atoms with Gasteiger partial charge >= 0.3 is 0 Å².